The summed E-state index contributed by atoms with van der Waals surface area (Å²) in [5, 5.41) is 8.83. The monoisotopic (exact) mass is 308 g/mol. The number of hydrogen-bond acceptors (Lipinski definition) is 3. The lowest BCUT2D eigenvalue weighted by Gasteiger charge is -2.24. The van der Waals surface area contributed by atoms with E-state index in [0.29, 0.717) is 29.1 Å². The highest BCUT2D eigenvalue weighted by molar-refractivity contribution is 6.02. The van der Waals surface area contributed by atoms with Crippen LogP contribution in [0.2, 0.25) is 0 Å². The molecular formula is C16H24N2O4. The number of carbonyl (C=O) groups excluding carboxylic acids is 2. The fourth-order valence-electron chi connectivity index (χ4n) is 2.60. The fraction of sp³-hybridized carbons (Fsp3) is 0.562. The van der Waals surface area contributed by atoms with Gasteiger partial charge in [-0.3, -0.25) is 14.4 Å². The van der Waals surface area contributed by atoms with Crippen LogP contribution in [0.3, 0.4) is 0 Å². The average Bonchev–Trinajstić information content (AvgIpc) is 2.68. The van der Waals surface area contributed by atoms with Gasteiger partial charge in [0.25, 0.3) is 5.91 Å². The number of nitrogens with zero attached hydrogens (tertiary/aromatic N) is 1. The number of carbonyl (C=O) groups is 3. The zero-order chi connectivity index (χ0) is 17.0. The van der Waals surface area contributed by atoms with Crippen molar-refractivity contribution in [1.82, 2.24) is 9.88 Å². The lowest BCUT2D eigenvalue weighted by Crippen LogP contribution is -2.36. The molecule has 1 rings (SSSR count). The molecule has 6 heteroatoms. The molecule has 0 saturated heterocycles. The molecular weight excluding hydrogens is 284 g/mol. The van der Waals surface area contributed by atoms with Gasteiger partial charge in [-0.05, 0) is 32.3 Å². The molecule has 0 aliphatic carbocycles. The molecule has 6 nitrogen and oxygen atoms in total. The van der Waals surface area contributed by atoms with Crippen LogP contribution >= 0.6 is 0 Å². The van der Waals surface area contributed by atoms with Crippen LogP contribution in [0, 0.1) is 19.8 Å². The van der Waals surface area contributed by atoms with E-state index >= 15 is 0 Å². The van der Waals surface area contributed by atoms with Crippen molar-refractivity contribution in [3.63, 3.8) is 0 Å². The predicted molar refractivity (Wildman–Crippen MR) is 83.3 cm³/mol. The van der Waals surface area contributed by atoms with Gasteiger partial charge in [0.2, 0.25) is 0 Å². The molecule has 22 heavy (non-hydrogen) atoms. The van der Waals surface area contributed by atoms with Crippen molar-refractivity contribution in [3.8, 4) is 0 Å². The van der Waals surface area contributed by atoms with Crippen LogP contribution in [0.25, 0.3) is 0 Å². The van der Waals surface area contributed by atoms with Crippen LogP contribution < -0.4 is 0 Å². The molecule has 0 unspecified atom stereocenters. The molecule has 0 aliphatic rings. The third-order valence-electron chi connectivity index (χ3n) is 3.47. The van der Waals surface area contributed by atoms with E-state index < -0.39 is 5.97 Å². The second-order valence-electron chi connectivity index (χ2n) is 5.97. The summed E-state index contributed by atoms with van der Waals surface area (Å²) >= 11 is 0. The minimum Gasteiger partial charge on any atom is -0.481 e. The Morgan fingerprint density at radius 2 is 1.82 bits per heavy atom. The Morgan fingerprint density at radius 1 is 1.23 bits per heavy atom. The molecule has 1 amide bonds. The van der Waals surface area contributed by atoms with E-state index in [1.807, 2.05) is 13.8 Å². The topological polar surface area (TPSA) is 90.5 Å². The van der Waals surface area contributed by atoms with Gasteiger partial charge in [-0.1, -0.05) is 13.8 Å². The van der Waals surface area contributed by atoms with Crippen molar-refractivity contribution in [3.05, 3.63) is 22.5 Å². The summed E-state index contributed by atoms with van der Waals surface area (Å²) in [5.41, 5.74) is 2.19. The van der Waals surface area contributed by atoms with Crippen LogP contribution in [-0.4, -0.2) is 45.7 Å². The minimum atomic E-state index is -0.939. The molecule has 0 bridgehead atoms. The lowest BCUT2D eigenvalue weighted by molar-refractivity contribution is -0.137. The number of aromatic nitrogens is 1. The van der Waals surface area contributed by atoms with E-state index in [0.717, 1.165) is 0 Å². The first-order valence-electron chi connectivity index (χ1n) is 7.36. The van der Waals surface area contributed by atoms with Crippen molar-refractivity contribution in [2.24, 2.45) is 5.92 Å². The number of aromatic amines is 1. The Balaban J connectivity index is 3.10. The minimum absolute atomic E-state index is 0.0914. The van der Waals surface area contributed by atoms with Crippen LogP contribution in [-0.2, 0) is 4.79 Å². The van der Waals surface area contributed by atoms with Crippen molar-refractivity contribution < 1.29 is 19.5 Å². The Labute approximate surface area is 130 Å². The second kappa shape index (κ2) is 7.24. The number of Topliss-reactive ketones (excluding diaryl/α,β-unsaturated/α-hetero) is 1. The van der Waals surface area contributed by atoms with Gasteiger partial charge in [-0.25, -0.2) is 0 Å². The molecule has 1 aromatic heterocycles. The van der Waals surface area contributed by atoms with Gasteiger partial charge in [0.15, 0.2) is 5.78 Å². The molecule has 0 fully saturated rings. The molecule has 122 valence electrons. The van der Waals surface area contributed by atoms with Gasteiger partial charge in [-0.15, -0.1) is 0 Å². The maximum absolute atomic E-state index is 12.7. The normalized spacial score (nSPS) is 10.8. The number of aryl methyl sites for hydroxylation is 1. The summed E-state index contributed by atoms with van der Waals surface area (Å²) in [6.45, 7) is 9.51. The number of amides is 1. The molecule has 0 saturated carbocycles. The van der Waals surface area contributed by atoms with E-state index in [4.69, 9.17) is 5.11 Å². The lowest BCUT2D eigenvalue weighted by atomic mass is 10.1. The molecule has 0 atom stereocenters. The Hall–Kier alpha value is -2.11. The largest absolute Gasteiger partial charge is 0.481 e. The van der Waals surface area contributed by atoms with E-state index in [9.17, 15) is 14.4 Å². The van der Waals surface area contributed by atoms with Crippen molar-refractivity contribution in [1.29, 1.82) is 0 Å². The average molecular weight is 308 g/mol. The van der Waals surface area contributed by atoms with Gasteiger partial charge < -0.3 is 15.0 Å². The summed E-state index contributed by atoms with van der Waals surface area (Å²) in [5.74, 6) is -1.07. The number of carboxylic acids is 1. The quantitative estimate of drug-likeness (QED) is 0.757. The summed E-state index contributed by atoms with van der Waals surface area (Å²) in [6.07, 6.45) is -0.100. The zero-order valence-corrected chi connectivity index (χ0v) is 13.8. The zero-order valence-electron chi connectivity index (χ0n) is 13.8. The Kier molecular flexibility index (Phi) is 5.91. The molecule has 0 spiro atoms. The first kappa shape index (κ1) is 17.9. The molecule has 0 aromatic carbocycles. The highest BCUT2D eigenvalue weighted by Gasteiger charge is 2.24. The van der Waals surface area contributed by atoms with Gasteiger partial charge in [0.1, 0.15) is 5.69 Å². The van der Waals surface area contributed by atoms with Crippen molar-refractivity contribution >= 4 is 17.7 Å². The van der Waals surface area contributed by atoms with Crippen LogP contribution in [0.15, 0.2) is 0 Å². The summed E-state index contributed by atoms with van der Waals surface area (Å²) in [7, 11) is 0. The van der Waals surface area contributed by atoms with Gasteiger partial charge in [0, 0.05) is 24.3 Å². The number of nitrogens with one attached hydrogen (secondary N) is 1. The van der Waals surface area contributed by atoms with E-state index in [-0.39, 0.29) is 30.6 Å². The van der Waals surface area contributed by atoms with Crippen molar-refractivity contribution in [2.45, 2.75) is 41.0 Å². The number of H-pyrrole nitrogens is 1. The van der Waals surface area contributed by atoms with Gasteiger partial charge in [-0.2, -0.15) is 0 Å². The first-order chi connectivity index (χ1) is 10.1. The SMILES string of the molecule is CC(=O)c1c(C)[nH]c(C(=O)N(CCC(=O)O)CC(C)C)c1C. The molecule has 1 aromatic rings. The van der Waals surface area contributed by atoms with E-state index in [1.165, 1.54) is 11.8 Å². The van der Waals surface area contributed by atoms with Crippen LogP contribution in [0.4, 0.5) is 0 Å². The first-order valence-corrected chi connectivity index (χ1v) is 7.36. The second-order valence-corrected chi connectivity index (χ2v) is 5.97. The van der Waals surface area contributed by atoms with E-state index in [1.54, 1.807) is 13.8 Å². The Morgan fingerprint density at radius 3 is 2.23 bits per heavy atom. The van der Waals surface area contributed by atoms with Crippen LogP contribution in [0.1, 0.15) is 59.3 Å². The summed E-state index contributed by atoms with van der Waals surface area (Å²) in [6, 6.07) is 0. The maximum atomic E-state index is 12.7. The Bertz CT molecular complexity index is 587. The van der Waals surface area contributed by atoms with E-state index in [2.05, 4.69) is 4.98 Å². The summed E-state index contributed by atoms with van der Waals surface area (Å²) in [4.78, 5) is 39.6. The third-order valence-corrected chi connectivity index (χ3v) is 3.47. The number of carboxylic acid groups (broad SMARTS) is 1. The molecule has 0 aliphatic heterocycles. The number of rotatable bonds is 7. The third kappa shape index (κ3) is 4.19. The maximum Gasteiger partial charge on any atom is 0.305 e. The predicted octanol–water partition coefficient (Wildman–Crippen LogP) is 2.41. The van der Waals surface area contributed by atoms with Crippen LogP contribution in [0.5, 0.6) is 0 Å². The highest BCUT2D eigenvalue weighted by Crippen LogP contribution is 2.20. The highest BCUT2D eigenvalue weighted by atomic mass is 16.4. The number of ketones is 1. The summed E-state index contributed by atoms with van der Waals surface area (Å²) < 4.78 is 0. The van der Waals surface area contributed by atoms with Gasteiger partial charge >= 0.3 is 5.97 Å². The van der Waals surface area contributed by atoms with Crippen molar-refractivity contribution in [2.75, 3.05) is 13.1 Å². The molecule has 2 N–H and O–H groups in total. The smallest absolute Gasteiger partial charge is 0.305 e. The standard InChI is InChI=1S/C16H24N2O4/c1-9(2)8-18(7-6-13(20)21)16(22)15-10(3)14(12(5)19)11(4)17-15/h9,17H,6-8H2,1-5H3,(H,20,21). The van der Waals surface area contributed by atoms with Gasteiger partial charge in [0.05, 0.1) is 6.42 Å². The number of hydrogen-bond donors (Lipinski definition) is 2. The molecule has 1 heterocycles. The fourth-order valence-corrected chi connectivity index (χ4v) is 2.60. The molecule has 0 radical (unpaired) electrons. The number of aliphatic carboxylic acids is 1.